The van der Waals surface area contributed by atoms with E-state index in [9.17, 15) is 4.79 Å². The highest BCUT2D eigenvalue weighted by molar-refractivity contribution is 5.99. The van der Waals surface area contributed by atoms with Crippen LogP contribution in [0.1, 0.15) is 22.0 Å². The number of fused-ring (bicyclic) bond motifs is 1. The van der Waals surface area contributed by atoms with Crippen molar-refractivity contribution in [2.45, 2.75) is 6.04 Å². The molecule has 0 aliphatic carbocycles. The minimum Gasteiger partial charge on any atom is -0.497 e. The Kier molecular flexibility index (Phi) is 3.39. The van der Waals surface area contributed by atoms with Crippen LogP contribution in [-0.4, -0.2) is 19.6 Å². The molecule has 3 N–H and O–H groups in total. The predicted molar refractivity (Wildman–Crippen MR) is 79.6 cm³/mol. The summed E-state index contributed by atoms with van der Waals surface area (Å²) < 4.78 is 10.6. The first-order valence-electron chi connectivity index (χ1n) is 6.65. The average molecular weight is 284 g/mol. The van der Waals surface area contributed by atoms with E-state index in [1.165, 1.54) is 0 Å². The van der Waals surface area contributed by atoms with Crippen LogP contribution in [0, 0.1) is 0 Å². The lowest BCUT2D eigenvalue weighted by molar-refractivity contribution is 0.0931. The van der Waals surface area contributed by atoms with Crippen LogP contribution >= 0.6 is 0 Å². The minimum absolute atomic E-state index is 0.157. The first-order valence-corrected chi connectivity index (χ1v) is 6.65. The number of nitrogens with one attached hydrogen (secondary N) is 1. The zero-order valence-electron chi connectivity index (χ0n) is 11.6. The maximum atomic E-state index is 12.3. The van der Waals surface area contributed by atoms with Crippen LogP contribution in [-0.2, 0) is 0 Å². The largest absolute Gasteiger partial charge is 0.497 e. The SMILES string of the molecule is COc1ccc(C(=O)NC2COc3ccccc32)c(N)c1. The highest BCUT2D eigenvalue weighted by Gasteiger charge is 2.25. The quantitative estimate of drug-likeness (QED) is 0.847. The lowest BCUT2D eigenvalue weighted by Gasteiger charge is -2.13. The maximum absolute atomic E-state index is 12.3. The number of methoxy groups -OCH3 is 1. The Labute approximate surface area is 122 Å². The van der Waals surface area contributed by atoms with E-state index in [4.69, 9.17) is 15.2 Å². The van der Waals surface area contributed by atoms with E-state index in [0.29, 0.717) is 23.6 Å². The van der Waals surface area contributed by atoms with Crippen molar-refractivity contribution in [1.29, 1.82) is 0 Å². The summed E-state index contributed by atoms with van der Waals surface area (Å²) in [6, 6.07) is 12.5. The number of rotatable bonds is 3. The molecule has 5 nitrogen and oxygen atoms in total. The third kappa shape index (κ3) is 2.50. The summed E-state index contributed by atoms with van der Waals surface area (Å²) in [5, 5.41) is 2.94. The highest BCUT2D eigenvalue weighted by Crippen LogP contribution is 2.32. The van der Waals surface area contributed by atoms with Gasteiger partial charge in [0.05, 0.1) is 18.7 Å². The summed E-state index contributed by atoms with van der Waals surface area (Å²) in [6.07, 6.45) is 0. The van der Waals surface area contributed by atoms with Gasteiger partial charge in [0.15, 0.2) is 0 Å². The second-order valence-electron chi connectivity index (χ2n) is 4.83. The van der Waals surface area contributed by atoms with Crippen LogP contribution < -0.4 is 20.5 Å². The third-order valence-electron chi connectivity index (χ3n) is 3.51. The number of ether oxygens (including phenoxy) is 2. The molecule has 1 unspecified atom stereocenters. The number of hydrogen-bond acceptors (Lipinski definition) is 4. The number of nitrogen functional groups attached to an aromatic ring is 1. The van der Waals surface area contributed by atoms with Crippen LogP contribution in [0.4, 0.5) is 5.69 Å². The molecule has 1 heterocycles. The normalized spacial score (nSPS) is 16.0. The lowest BCUT2D eigenvalue weighted by Crippen LogP contribution is -2.30. The van der Waals surface area contributed by atoms with Crippen molar-refractivity contribution in [2.24, 2.45) is 0 Å². The van der Waals surface area contributed by atoms with Gasteiger partial charge in [0, 0.05) is 17.3 Å². The molecule has 1 aliphatic rings. The van der Waals surface area contributed by atoms with Gasteiger partial charge in [0.1, 0.15) is 18.1 Å². The smallest absolute Gasteiger partial charge is 0.253 e. The van der Waals surface area contributed by atoms with E-state index in [1.54, 1.807) is 25.3 Å². The Morgan fingerprint density at radius 2 is 2.14 bits per heavy atom. The Morgan fingerprint density at radius 3 is 2.90 bits per heavy atom. The molecule has 0 fully saturated rings. The fourth-order valence-corrected chi connectivity index (χ4v) is 2.39. The number of benzene rings is 2. The molecular formula is C16H16N2O3. The number of hydrogen-bond donors (Lipinski definition) is 2. The van der Waals surface area contributed by atoms with Crippen LogP contribution in [0.15, 0.2) is 42.5 Å². The standard InChI is InChI=1S/C16H16N2O3/c1-20-10-6-7-11(13(17)8-10)16(19)18-14-9-21-15-5-3-2-4-12(14)15/h2-8,14H,9,17H2,1H3,(H,18,19). The second-order valence-corrected chi connectivity index (χ2v) is 4.83. The Balaban J connectivity index is 1.79. The molecule has 0 aromatic heterocycles. The molecule has 0 saturated carbocycles. The van der Waals surface area contributed by atoms with E-state index in [0.717, 1.165) is 11.3 Å². The molecule has 1 atom stereocenters. The van der Waals surface area contributed by atoms with Crippen LogP contribution in [0.5, 0.6) is 11.5 Å². The van der Waals surface area contributed by atoms with E-state index in [1.807, 2.05) is 24.3 Å². The topological polar surface area (TPSA) is 73.6 Å². The van der Waals surface area contributed by atoms with Gasteiger partial charge >= 0.3 is 0 Å². The molecule has 21 heavy (non-hydrogen) atoms. The van der Waals surface area contributed by atoms with Crippen molar-refractivity contribution in [3.05, 3.63) is 53.6 Å². The Bertz CT molecular complexity index is 685. The highest BCUT2D eigenvalue weighted by atomic mass is 16.5. The number of amides is 1. The monoisotopic (exact) mass is 284 g/mol. The molecule has 3 rings (SSSR count). The first kappa shape index (κ1) is 13.3. The Hall–Kier alpha value is -2.69. The number of para-hydroxylation sites is 1. The van der Waals surface area contributed by atoms with E-state index >= 15 is 0 Å². The molecule has 1 aliphatic heterocycles. The molecule has 0 saturated heterocycles. The molecule has 2 aromatic rings. The van der Waals surface area contributed by atoms with Crippen molar-refractivity contribution in [2.75, 3.05) is 19.5 Å². The van der Waals surface area contributed by atoms with Gasteiger partial charge in [0.2, 0.25) is 0 Å². The minimum atomic E-state index is -0.222. The van der Waals surface area contributed by atoms with Crippen LogP contribution in [0.25, 0.3) is 0 Å². The van der Waals surface area contributed by atoms with Gasteiger partial charge in [-0.15, -0.1) is 0 Å². The zero-order chi connectivity index (χ0) is 14.8. The maximum Gasteiger partial charge on any atom is 0.253 e. The fraction of sp³-hybridized carbons (Fsp3) is 0.188. The van der Waals surface area contributed by atoms with Gasteiger partial charge in [-0.3, -0.25) is 4.79 Å². The number of nitrogens with two attached hydrogens (primary N) is 1. The summed E-state index contributed by atoms with van der Waals surface area (Å²) in [7, 11) is 1.56. The van der Waals surface area contributed by atoms with Gasteiger partial charge in [-0.1, -0.05) is 18.2 Å². The van der Waals surface area contributed by atoms with Crippen molar-refractivity contribution in [3.8, 4) is 11.5 Å². The van der Waals surface area contributed by atoms with Gasteiger partial charge < -0.3 is 20.5 Å². The van der Waals surface area contributed by atoms with Gasteiger partial charge in [-0.25, -0.2) is 0 Å². The third-order valence-corrected chi connectivity index (χ3v) is 3.51. The molecular weight excluding hydrogens is 268 g/mol. The number of anilines is 1. The van der Waals surface area contributed by atoms with E-state index < -0.39 is 0 Å². The summed E-state index contributed by atoms with van der Waals surface area (Å²) in [4.78, 5) is 12.3. The molecule has 108 valence electrons. The van der Waals surface area contributed by atoms with Crippen molar-refractivity contribution < 1.29 is 14.3 Å². The lowest BCUT2D eigenvalue weighted by atomic mass is 10.1. The van der Waals surface area contributed by atoms with Crippen LogP contribution in [0.2, 0.25) is 0 Å². The molecule has 1 amide bonds. The fourth-order valence-electron chi connectivity index (χ4n) is 2.39. The molecule has 2 aromatic carbocycles. The number of carbonyl (C=O) groups excluding carboxylic acids is 1. The van der Waals surface area contributed by atoms with Gasteiger partial charge in [-0.2, -0.15) is 0 Å². The van der Waals surface area contributed by atoms with Crippen molar-refractivity contribution >= 4 is 11.6 Å². The van der Waals surface area contributed by atoms with Gasteiger partial charge in [0.25, 0.3) is 5.91 Å². The van der Waals surface area contributed by atoms with Crippen molar-refractivity contribution in [3.63, 3.8) is 0 Å². The molecule has 0 bridgehead atoms. The summed E-state index contributed by atoms with van der Waals surface area (Å²) in [5.74, 6) is 1.21. The van der Waals surface area contributed by atoms with E-state index in [2.05, 4.69) is 5.32 Å². The summed E-state index contributed by atoms with van der Waals surface area (Å²) in [5.41, 5.74) is 7.70. The second kappa shape index (κ2) is 5.36. The summed E-state index contributed by atoms with van der Waals surface area (Å²) >= 11 is 0. The Morgan fingerprint density at radius 1 is 1.33 bits per heavy atom. The van der Waals surface area contributed by atoms with Crippen LogP contribution in [0.3, 0.4) is 0 Å². The summed E-state index contributed by atoms with van der Waals surface area (Å²) in [6.45, 7) is 0.432. The first-order chi connectivity index (χ1) is 10.2. The average Bonchev–Trinajstić information content (AvgIpc) is 2.90. The molecule has 0 radical (unpaired) electrons. The predicted octanol–water partition coefficient (Wildman–Crippen LogP) is 2.14. The van der Waals surface area contributed by atoms with Gasteiger partial charge in [-0.05, 0) is 18.2 Å². The zero-order valence-corrected chi connectivity index (χ0v) is 11.6. The molecule has 0 spiro atoms. The van der Waals surface area contributed by atoms with E-state index in [-0.39, 0.29) is 11.9 Å². The number of carbonyl (C=O) groups is 1. The van der Waals surface area contributed by atoms with Crippen molar-refractivity contribution in [1.82, 2.24) is 5.32 Å². The molecule has 5 heteroatoms.